The molecule has 0 radical (unpaired) electrons. The first-order chi connectivity index (χ1) is 8.85. The molecule has 0 aromatic carbocycles. The van der Waals surface area contributed by atoms with Crippen LogP contribution in [-0.2, 0) is 0 Å². The summed E-state index contributed by atoms with van der Waals surface area (Å²) in [6.07, 6.45) is 6.27. The van der Waals surface area contributed by atoms with Crippen LogP contribution in [0.3, 0.4) is 0 Å². The normalized spacial score (nSPS) is 19.9. The van der Waals surface area contributed by atoms with Gasteiger partial charge in [-0.1, -0.05) is 0 Å². The molecule has 18 heavy (non-hydrogen) atoms. The van der Waals surface area contributed by atoms with Crippen molar-refractivity contribution >= 4 is 17.4 Å². The molecular formula is C13H20ClN3O. The molecule has 100 valence electrons. The molecule has 5 heteroatoms. The van der Waals surface area contributed by atoms with E-state index >= 15 is 0 Å². The first-order valence-corrected chi connectivity index (χ1v) is 7.16. The molecule has 1 aromatic rings. The largest absolute Gasteiger partial charge is 0.478 e. The lowest BCUT2D eigenvalue weighted by Crippen LogP contribution is -2.40. The van der Waals surface area contributed by atoms with Gasteiger partial charge < -0.3 is 9.64 Å². The van der Waals surface area contributed by atoms with Gasteiger partial charge >= 0.3 is 0 Å². The topological polar surface area (TPSA) is 38.2 Å². The second-order valence-electron chi connectivity index (χ2n) is 4.47. The molecule has 1 aliphatic rings. The highest BCUT2D eigenvalue weighted by atomic mass is 35.5. The van der Waals surface area contributed by atoms with Gasteiger partial charge in [0.2, 0.25) is 5.88 Å². The Balaban J connectivity index is 2.14. The minimum absolute atomic E-state index is 0.501. The molecule has 1 aromatic heterocycles. The van der Waals surface area contributed by atoms with Gasteiger partial charge in [-0.3, -0.25) is 0 Å². The molecule has 2 rings (SSSR count). The van der Waals surface area contributed by atoms with Crippen molar-refractivity contribution in [1.82, 2.24) is 9.97 Å². The fourth-order valence-corrected chi connectivity index (χ4v) is 2.69. The first-order valence-electron chi connectivity index (χ1n) is 6.62. The zero-order chi connectivity index (χ0) is 12.8. The lowest BCUT2D eigenvalue weighted by Gasteiger charge is -2.36. The van der Waals surface area contributed by atoms with Gasteiger partial charge in [0.1, 0.15) is 12.1 Å². The Labute approximate surface area is 113 Å². The predicted molar refractivity (Wildman–Crippen MR) is 73.5 cm³/mol. The average molecular weight is 270 g/mol. The minimum Gasteiger partial charge on any atom is -0.478 e. The lowest BCUT2D eigenvalue weighted by molar-refractivity contribution is 0.325. The number of alkyl halides is 1. The summed E-state index contributed by atoms with van der Waals surface area (Å²) in [5.74, 6) is 2.31. The highest BCUT2D eigenvalue weighted by Crippen LogP contribution is 2.26. The van der Waals surface area contributed by atoms with Gasteiger partial charge in [-0.05, 0) is 32.6 Å². The Hall–Kier alpha value is -1.03. The summed E-state index contributed by atoms with van der Waals surface area (Å²) >= 11 is 5.88. The second kappa shape index (κ2) is 6.78. The van der Waals surface area contributed by atoms with E-state index in [9.17, 15) is 0 Å². The molecule has 1 unspecified atom stereocenters. The molecule has 0 amide bonds. The van der Waals surface area contributed by atoms with Gasteiger partial charge in [-0.25, -0.2) is 9.97 Å². The number of ether oxygens (including phenoxy) is 1. The van der Waals surface area contributed by atoms with E-state index in [0.29, 0.717) is 24.4 Å². The highest BCUT2D eigenvalue weighted by Gasteiger charge is 2.23. The van der Waals surface area contributed by atoms with Crippen molar-refractivity contribution in [3.05, 3.63) is 12.4 Å². The lowest BCUT2D eigenvalue weighted by atomic mass is 10.00. The minimum atomic E-state index is 0.501. The van der Waals surface area contributed by atoms with Crippen molar-refractivity contribution in [2.45, 2.75) is 38.6 Å². The van der Waals surface area contributed by atoms with E-state index in [1.54, 1.807) is 6.33 Å². The summed E-state index contributed by atoms with van der Waals surface area (Å²) in [7, 11) is 0. The van der Waals surface area contributed by atoms with Crippen molar-refractivity contribution < 1.29 is 4.74 Å². The number of aromatic nitrogens is 2. The first kappa shape index (κ1) is 13.4. The maximum absolute atomic E-state index is 5.88. The van der Waals surface area contributed by atoms with Crippen LogP contribution >= 0.6 is 11.6 Å². The SMILES string of the molecule is CCOc1cc(N2CCCCC2CCCl)ncn1. The van der Waals surface area contributed by atoms with Crippen molar-refractivity contribution in [3.8, 4) is 5.88 Å². The average Bonchev–Trinajstić information content (AvgIpc) is 2.40. The fraction of sp³-hybridized carbons (Fsp3) is 0.692. The molecule has 1 fully saturated rings. The quantitative estimate of drug-likeness (QED) is 0.771. The van der Waals surface area contributed by atoms with Crippen LogP contribution in [0.1, 0.15) is 32.6 Å². The Morgan fingerprint density at radius 1 is 1.44 bits per heavy atom. The maximum Gasteiger partial charge on any atom is 0.218 e. The van der Waals surface area contributed by atoms with Crippen molar-refractivity contribution in [2.75, 3.05) is 23.9 Å². The van der Waals surface area contributed by atoms with Crippen LogP contribution in [0.25, 0.3) is 0 Å². The zero-order valence-corrected chi connectivity index (χ0v) is 11.6. The third-order valence-electron chi connectivity index (χ3n) is 3.28. The van der Waals surface area contributed by atoms with E-state index in [1.807, 2.05) is 13.0 Å². The van der Waals surface area contributed by atoms with Gasteiger partial charge in [0.25, 0.3) is 0 Å². The summed E-state index contributed by atoms with van der Waals surface area (Å²) < 4.78 is 5.43. The van der Waals surface area contributed by atoms with E-state index in [0.717, 1.165) is 18.8 Å². The molecule has 1 atom stereocenters. The number of halogens is 1. The predicted octanol–water partition coefficient (Wildman–Crippen LogP) is 2.86. The standard InChI is InChI=1S/C13H20ClN3O/c1-2-18-13-9-12(15-10-16-13)17-8-4-3-5-11(17)6-7-14/h9-11H,2-8H2,1H3. The van der Waals surface area contributed by atoms with Gasteiger partial charge in [0.15, 0.2) is 0 Å². The van der Waals surface area contributed by atoms with Gasteiger partial charge in [0, 0.05) is 24.5 Å². The molecule has 0 spiro atoms. The van der Waals surface area contributed by atoms with E-state index in [4.69, 9.17) is 16.3 Å². The Bertz CT molecular complexity index is 373. The summed E-state index contributed by atoms with van der Waals surface area (Å²) in [6.45, 7) is 3.63. The van der Waals surface area contributed by atoms with Crippen LogP contribution in [0.5, 0.6) is 5.88 Å². The van der Waals surface area contributed by atoms with E-state index in [2.05, 4.69) is 14.9 Å². The van der Waals surface area contributed by atoms with Crippen molar-refractivity contribution in [3.63, 3.8) is 0 Å². The monoisotopic (exact) mass is 269 g/mol. The highest BCUT2D eigenvalue weighted by molar-refractivity contribution is 6.17. The Kier molecular flexibility index (Phi) is 5.05. The van der Waals surface area contributed by atoms with Gasteiger partial charge in [-0.2, -0.15) is 0 Å². The smallest absolute Gasteiger partial charge is 0.218 e. The summed E-state index contributed by atoms with van der Waals surface area (Å²) in [6, 6.07) is 2.43. The Morgan fingerprint density at radius 3 is 3.11 bits per heavy atom. The van der Waals surface area contributed by atoms with E-state index < -0.39 is 0 Å². The van der Waals surface area contributed by atoms with Crippen LogP contribution < -0.4 is 9.64 Å². The summed E-state index contributed by atoms with van der Waals surface area (Å²) in [5.41, 5.74) is 0. The van der Waals surface area contributed by atoms with Crippen molar-refractivity contribution in [2.24, 2.45) is 0 Å². The number of anilines is 1. The number of hydrogen-bond acceptors (Lipinski definition) is 4. The third kappa shape index (κ3) is 3.25. The molecule has 4 nitrogen and oxygen atoms in total. The van der Waals surface area contributed by atoms with Crippen LogP contribution in [0.4, 0.5) is 5.82 Å². The molecular weight excluding hydrogens is 250 g/mol. The number of piperidine rings is 1. The van der Waals surface area contributed by atoms with Gasteiger partial charge in [-0.15, -0.1) is 11.6 Å². The molecule has 0 saturated carbocycles. The molecule has 0 aliphatic carbocycles. The van der Waals surface area contributed by atoms with Crippen molar-refractivity contribution in [1.29, 1.82) is 0 Å². The molecule has 1 saturated heterocycles. The summed E-state index contributed by atoms with van der Waals surface area (Å²) in [5, 5.41) is 0. The maximum atomic E-state index is 5.88. The Morgan fingerprint density at radius 2 is 2.33 bits per heavy atom. The molecule has 0 N–H and O–H groups in total. The second-order valence-corrected chi connectivity index (χ2v) is 4.85. The number of nitrogens with zero attached hydrogens (tertiary/aromatic N) is 3. The van der Waals surface area contributed by atoms with Crippen LogP contribution in [-0.4, -0.2) is 35.0 Å². The number of hydrogen-bond donors (Lipinski definition) is 0. The molecule has 2 heterocycles. The number of rotatable bonds is 5. The van der Waals surface area contributed by atoms with E-state index in [1.165, 1.54) is 19.3 Å². The fourth-order valence-electron chi connectivity index (χ4n) is 2.44. The van der Waals surface area contributed by atoms with Crippen LogP contribution in [0, 0.1) is 0 Å². The molecule has 1 aliphatic heterocycles. The third-order valence-corrected chi connectivity index (χ3v) is 3.50. The zero-order valence-electron chi connectivity index (χ0n) is 10.8. The van der Waals surface area contributed by atoms with Crippen LogP contribution in [0.15, 0.2) is 12.4 Å². The summed E-state index contributed by atoms with van der Waals surface area (Å²) in [4.78, 5) is 10.8. The van der Waals surface area contributed by atoms with Gasteiger partial charge in [0.05, 0.1) is 6.61 Å². The molecule has 0 bridgehead atoms. The van der Waals surface area contributed by atoms with Crippen LogP contribution in [0.2, 0.25) is 0 Å². The van der Waals surface area contributed by atoms with E-state index in [-0.39, 0.29) is 0 Å².